The van der Waals surface area contributed by atoms with Gasteiger partial charge in [0.05, 0.1) is 22.8 Å². The number of pyridine rings is 1. The van der Waals surface area contributed by atoms with Gasteiger partial charge in [0.1, 0.15) is 5.60 Å². The lowest BCUT2D eigenvalue weighted by atomic mass is 10.1. The van der Waals surface area contributed by atoms with Gasteiger partial charge in [-0.05, 0) is 39.3 Å². The summed E-state index contributed by atoms with van der Waals surface area (Å²) in [6, 6.07) is 3.83. The Labute approximate surface area is 128 Å². The van der Waals surface area contributed by atoms with Gasteiger partial charge in [-0.1, -0.05) is 11.6 Å². The minimum atomic E-state index is -0.482. The van der Waals surface area contributed by atoms with E-state index in [0.717, 1.165) is 17.6 Å². The summed E-state index contributed by atoms with van der Waals surface area (Å²) in [5.74, 6) is 0. The minimum Gasteiger partial charge on any atom is -0.444 e. The van der Waals surface area contributed by atoms with E-state index in [-0.39, 0.29) is 6.09 Å². The van der Waals surface area contributed by atoms with Crippen LogP contribution in [0.15, 0.2) is 18.3 Å². The van der Waals surface area contributed by atoms with E-state index in [1.54, 1.807) is 15.6 Å². The molecule has 0 spiro atoms. The molecule has 5 nitrogen and oxygen atoms in total. The zero-order valence-corrected chi connectivity index (χ0v) is 13.1. The van der Waals surface area contributed by atoms with Crippen molar-refractivity contribution in [1.82, 2.24) is 14.5 Å². The number of hydrogen-bond donors (Lipinski definition) is 0. The molecule has 1 amide bonds. The third-order valence-corrected chi connectivity index (χ3v) is 3.63. The Kier molecular flexibility index (Phi) is 3.32. The van der Waals surface area contributed by atoms with Gasteiger partial charge in [0, 0.05) is 18.3 Å². The van der Waals surface area contributed by atoms with Crippen molar-refractivity contribution in [3.05, 3.63) is 34.6 Å². The molecule has 0 aromatic carbocycles. The van der Waals surface area contributed by atoms with Gasteiger partial charge in [0.25, 0.3) is 0 Å². The first-order valence-corrected chi connectivity index (χ1v) is 7.35. The number of hydrogen-bond acceptors (Lipinski definition) is 3. The fourth-order valence-corrected chi connectivity index (χ4v) is 2.67. The molecule has 2 aromatic heterocycles. The zero-order chi connectivity index (χ0) is 15.2. The van der Waals surface area contributed by atoms with Crippen molar-refractivity contribution in [2.45, 2.75) is 39.3 Å². The van der Waals surface area contributed by atoms with Crippen molar-refractivity contribution in [3.63, 3.8) is 0 Å². The van der Waals surface area contributed by atoms with Crippen molar-refractivity contribution >= 4 is 23.2 Å². The molecule has 0 bridgehead atoms. The number of fused-ring (bicyclic) bond motifs is 3. The molecule has 0 atom stereocenters. The lowest BCUT2D eigenvalue weighted by molar-refractivity contribution is 0.0221. The molecular formula is C15H18ClN3O2. The highest BCUT2D eigenvalue weighted by Crippen LogP contribution is 2.25. The lowest BCUT2D eigenvalue weighted by Gasteiger charge is -2.29. The maximum absolute atomic E-state index is 12.1. The summed E-state index contributed by atoms with van der Waals surface area (Å²) in [5.41, 5.74) is 2.67. The number of ether oxygens (including phenoxy) is 1. The summed E-state index contributed by atoms with van der Waals surface area (Å²) >= 11 is 5.99. The first-order chi connectivity index (χ1) is 9.83. The topological polar surface area (TPSA) is 46.8 Å². The van der Waals surface area contributed by atoms with Gasteiger partial charge >= 0.3 is 6.09 Å². The number of nitrogens with zero attached hydrogens (tertiary/aromatic N) is 3. The van der Waals surface area contributed by atoms with Crippen LogP contribution < -0.4 is 0 Å². The van der Waals surface area contributed by atoms with Crippen LogP contribution in [0.5, 0.6) is 0 Å². The smallest absolute Gasteiger partial charge is 0.410 e. The largest absolute Gasteiger partial charge is 0.444 e. The van der Waals surface area contributed by atoms with Crippen LogP contribution in [0.4, 0.5) is 4.79 Å². The van der Waals surface area contributed by atoms with Crippen molar-refractivity contribution in [2.24, 2.45) is 0 Å². The van der Waals surface area contributed by atoms with Crippen LogP contribution in [-0.2, 0) is 17.7 Å². The van der Waals surface area contributed by atoms with E-state index in [2.05, 4.69) is 5.10 Å². The molecule has 6 heteroatoms. The molecule has 0 saturated carbocycles. The second-order valence-corrected chi connectivity index (χ2v) is 6.69. The predicted octanol–water partition coefficient (Wildman–Crippen LogP) is 3.28. The molecule has 0 fully saturated rings. The summed E-state index contributed by atoms with van der Waals surface area (Å²) in [6.07, 6.45) is 2.27. The van der Waals surface area contributed by atoms with Gasteiger partial charge in [-0.3, -0.25) is 0 Å². The van der Waals surface area contributed by atoms with E-state index in [4.69, 9.17) is 16.3 Å². The molecule has 0 saturated heterocycles. The Morgan fingerprint density at radius 2 is 2.14 bits per heavy atom. The van der Waals surface area contributed by atoms with Crippen LogP contribution in [-0.4, -0.2) is 32.8 Å². The third kappa shape index (κ3) is 2.83. The van der Waals surface area contributed by atoms with E-state index < -0.39 is 5.60 Å². The fraction of sp³-hybridized carbons (Fsp3) is 0.467. The molecular weight excluding hydrogens is 290 g/mol. The lowest BCUT2D eigenvalue weighted by Crippen LogP contribution is -2.39. The second-order valence-electron chi connectivity index (χ2n) is 6.25. The number of amides is 1. The molecule has 3 heterocycles. The Bertz CT molecular complexity index is 703. The van der Waals surface area contributed by atoms with Crippen molar-refractivity contribution in [3.8, 4) is 0 Å². The number of carbonyl (C=O) groups excluding carboxylic acids is 1. The highest BCUT2D eigenvalue weighted by molar-refractivity contribution is 6.30. The molecule has 0 radical (unpaired) electrons. The van der Waals surface area contributed by atoms with E-state index in [1.807, 2.05) is 32.9 Å². The van der Waals surface area contributed by atoms with Crippen LogP contribution in [0.2, 0.25) is 5.02 Å². The third-order valence-electron chi connectivity index (χ3n) is 3.40. The van der Waals surface area contributed by atoms with Gasteiger partial charge in [-0.15, -0.1) is 0 Å². The average molecular weight is 308 g/mol. The molecule has 112 valence electrons. The van der Waals surface area contributed by atoms with Crippen LogP contribution in [0.25, 0.3) is 5.52 Å². The van der Waals surface area contributed by atoms with E-state index in [1.165, 1.54) is 5.56 Å². The number of halogens is 1. The monoisotopic (exact) mass is 307 g/mol. The second kappa shape index (κ2) is 4.91. The van der Waals surface area contributed by atoms with Crippen LogP contribution in [0.3, 0.4) is 0 Å². The first-order valence-electron chi connectivity index (χ1n) is 6.97. The minimum absolute atomic E-state index is 0.289. The summed E-state index contributed by atoms with van der Waals surface area (Å²) in [5, 5.41) is 5.17. The average Bonchev–Trinajstić information content (AvgIpc) is 2.72. The molecule has 1 aliphatic rings. The summed E-state index contributed by atoms with van der Waals surface area (Å²) < 4.78 is 7.20. The Hall–Kier alpha value is -1.75. The van der Waals surface area contributed by atoms with E-state index in [0.29, 0.717) is 18.1 Å². The Morgan fingerprint density at radius 1 is 1.38 bits per heavy atom. The first kappa shape index (κ1) is 14.2. The maximum atomic E-state index is 12.1. The summed E-state index contributed by atoms with van der Waals surface area (Å²) in [7, 11) is 0. The van der Waals surface area contributed by atoms with Crippen molar-refractivity contribution < 1.29 is 9.53 Å². The standard InChI is InChI=1S/C15H18ClN3O2/c1-15(2,3)21-14(20)18-7-6-11-12(9-18)17-19-8-10(16)4-5-13(11)19/h4-5,8H,6-7,9H2,1-3H3. The van der Waals surface area contributed by atoms with Crippen LogP contribution >= 0.6 is 11.6 Å². The highest BCUT2D eigenvalue weighted by Gasteiger charge is 2.28. The van der Waals surface area contributed by atoms with Gasteiger partial charge in [0.15, 0.2) is 0 Å². The van der Waals surface area contributed by atoms with Crippen LogP contribution in [0.1, 0.15) is 32.0 Å². The number of rotatable bonds is 0. The predicted molar refractivity (Wildman–Crippen MR) is 80.6 cm³/mol. The number of carbonyl (C=O) groups is 1. The van der Waals surface area contributed by atoms with E-state index in [9.17, 15) is 4.79 Å². The Morgan fingerprint density at radius 3 is 2.86 bits per heavy atom. The maximum Gasteiger partial charge on any atom is 0.410 e. The van der Waals surface area contributed by atoms with Gasteiger partial charge in [-0.2, -0.15) is 5.10 Å². The normalized spacial score (nSPS) is 15.1. The van der Waals surface area contributed by atoms with Gasteiger partial charge in [0.2, 0.25) is 0 Å². The molecule has 3 rings (SSSR count). The Balaban J connectivity index is 1.86. The van der Waals surface area contributed by atoms with Gasteiger partial charge < -0.3 is 9.64 Å². The van der Waals surface area contributed by atoms with Crippen LogP contribution in [0, 0.1) is 0 Å². The number of aromatic nitrogens is 2. The van der Waals surface area contributed by atoms with Crippen molar-refractivity contribution in [1.29, 1.82) is 0 Å². The summed E-state index contributed by atoms with van der Waals surface area (Å²) in [6.45, 7) is 6.73. The zero-order valence-electron chi connectivity index (χ0n) is 12.4. The molecule has 2 aromatic rings. The quantitative estimate of drug-likeness (QED) is 0.750. The fourth-order valence-electron chi connectivity index (χ4n) is 2.51. The van der Waals surface area contributed by atoms with Crippen molar-refractivity contribution in [2.75, 3.05) is 6.54 Å². The molecule has 0 N–H and O–H groups in total. The molecule has 0 unspecified atom stereocenters. The SMILES string of the molecule is CC(C)(C)OC(=O)N1CCc2c(nn3cc(Cl)ccc23)C1. The highest BCUT2D eigenvalue weighted by atomic mass is 35.5. The molecule has 0 aliphatic carbocycles. The molecule has 21 heavy (non-hydrogen) atoms. The summed E-state index contributed by atoms with van der Waals surface area (Å²) in [4.78, 5) is 13.8. The molecule has 1 aliphatic heterocycles. The van der Waals surface area contributed by atoms with Gasteiger partial charge in [-0.25, -0.2) is 9.31 Å². The van der Waals surface area contributed by atoms with E-state index >= 15 is 0 Å².